The SMILES string of the molecule is O[C@H]1CO[C@@H]2OCC[C@H]21. The van der Waals surface area contributed by atoms with E-state index in [0.717, 1.165) is 13.0 Å². The molecule has 2 fully saturated rings. The Hall–Kier alpha value is -0.120. The van der Waals surface area contributed by atoms with Crippen molar-refractivity contribution in [3.05, 3.63) is 0 Å². The van der Waals surface area contributed by atoms with Crippen molar-refractivity contribution in [2.75, 3.05) is 13.2 Å². The Morgan fingerprint density at radius 1 is 1.33 bits per heavy atom. The van der Waals surface area contributed by atoms with Gasteiger partial charge in [0, 0.05) is 5.92 Å². The molecule has 2 saturated heterocycles. The maximum absolute atomic E-state index is 9.19. The minimum absolute atomic E-state index is 0.0972. The van der Waals surface area contributed by atoms with Crippen LogP contribution in [0, 0.1) is 5.92 Å². The van der Waals surface area contributed by atoms with Crippen LogP contribution < -0.4 is 0 Å². The Bertz CT molecular complexity index is 115. The quantitative estimate of drug-likeness (QED) is 0.491. The number of hydrogen-bond donors (Lipinski definition) is 1. The smallest absolute Gasteiger partial charge is 0.163 e. The highest BCUT2D eigenvalue weighted by Gasteiger charge is 2.40. The highest BCUT2D eigenvalue weighted by molar-refractivity contribution is 4.81. The maximum atomic E-state index is 9.19. The van der Waals surface area contributed by atoms with Crippen LogP contribution in [-0.4, -0.2) is 30.7 Å². The Balaban J connectivity index is 2.07. The summed E-state index contributed by atoms with van der Waals surface area (Å²) in [6, 6.07) is 0. The lowest BCUT2D eigenvalue weighted by Crippen LogP contribution is -2.18. The van der Waals surface area contributed by atoms with Gasteiger partial charge in [-0.2, -0.15) is 0 Å². The van der Waals surface area contributed by atoms with Gasteiger partial charge in [0.15, 0.2) is 6.29 Å². The molecule has 2 heterocycles. The van der Waals surface area contributed by atoms with E-state index >= 15 is 0 Å². The van der Waals surface area contributed by atoms with Crippen molar-refractivity contribution in [1.29, 1.82) is 0 Å². The van der Waals surface area contributed by atoms with Gasteiger partial charge in [-0.25, -0.2) is 0 Å². The van der Waals surface area contributed by atoms with Crippen LogP contribution in [0.1, 0.15) is 6.42 Å². The van der Waals surface area contributed by atoms with Gasteiger partial charge in [-0.05, 0) is 6.42 Å². The molecule has 0 aromatic carbocycles. The summed E-state index contributed by atoms with van der Waals surface area (Å²) in [5.74, 6) is 0.255. The van der Waals surface area contributed by atoms with E-state index in [1.165, 1.54) is 0 Å². The van der Waals surface area contributed by atoms with E-state index in [1.807, 2.05) is 0 Å². The molecule has 52 valence electrons. The van der Waals surface area contributed by atoms with Crippen molar-refractivity contribution in [2.24, 2.45) is 5.92 Å². The van der Waals surface area contributed by atoms with Crippen LogP contribution in [0.15, 0.2) is 0 Å². The second-order valence-electron chi connectivity index (χ2n) is 2.59. The lowest BCUT2D eigenvalue weighted by molar-refractivity contribution is -0.0907. The van der Waals surface area contributed by atoms with Crippen molar-refractivity contribution >= 4 is 0 Å². The summed E-state index contributed by atoms with van der Waals surface area (Å²) in [7, 11) is 0. The minimum Gasteiger partial charge on any atom is -0.390 e. The van der Waals surface area contributed by atoms with E-state index in [9.17, 15) is 5.11 Å². The standard InChI is InChI=1S/C6H10O3/c7-5-3-9-6-4(5)1-2-8-6/h4-7H,1-3H2/t4-,5-,6-/m0/s1. The van der Waals surface area contributed by atoms with Crippen LogP contribution in [-0.2, 0) is 9.47 Å². The lowest BCUT2D eigenvalue weighted by atomic mass is 10.0. The lowest BCUT2D eigenvalue weighted by Gasteiger charge is -2.06. The first-order valence-electron chi connectivity index (χ1n) is 3.29. The van der Waals surface area contributed by atoms with Gasteiger partial charge in [0.2, 0.25) is 0 Å². The summed E-state index contributed by atoms with van der Waals surface area (Å²) >= 11 is 0. The molecule has 0 saturated carbocycles. The molecule has 0 spiro atoms. The average molecular weight is 130 g/mol. The molecule has 0 aromatic rings. The number of ether oxygens (including phenoxy) is 2. The number of hydrogen-bond acceptors (Lipinski definition) is 3. The monoisotopic (exact) mass is 130 g/mol. The van der Waals surface area contributed by atoms with Crippen molar-refractivity contribution in [1.82, 2.24) is 0 Å². The van der Waals surface area contributed by atoms with Crippen LogP contribution in [0.2, 0.25) is 0 Å². The highest BCUT2D eigenvalue weighted by Crippen LogP contribution is 2.30. The third kappa shape index (κ3) is 0.764. The van der Waals surface area contributed by atoms with E-state index in [4.69, 9.17) is 9.47 Å². The molecule has 0 radical (unpaired) electrons. The van der Waals surface area contributed by atoms with Gasteiger partial charge in [-0.3, -0.25) is 0 Å². The number of rotatable bonds is 0. The minimum atomic E-state index is -0.280. The number of aliphatic hydroxyl groups is 1. The number of aliphatic hydroxyl groups excluding tert-OH is 1. The first-order valence-corrected chi connectivity index (χ1v) is 3.29. The number of fused-ring (bicyclic) bond motifs is 1. The molecule has 2 aliphatic rings. The Labute approximate surface area is 53.6 Å². The van der Waals surface area contributed by atoms with Gasteiger partial charge in [0.25, 0.3) is 0 Å². The van der Waals surface area contributed by atoms with Gasteiger partial charge in [0.05, 0.1) is 19.3 Å². The predicted molar refractivity (Wildman–Crippen MR) is 29.8 cm³/mol. The first kappa shape index (κ1) is 5.65. The Morgan fingerprint density at radius 2 is 2.22 bits per heavy atom. The zero-order valence-corrected chi connectivity index (χ0v) is 5.12. The maximum Gasteiger partial charge on any atom is 0.163 e. The topological polar surface area (TPSA) is 38.7 Å². The summed E-state index contributed by atoms with van der Waals surface area (Å²) in [6.45, 7) is 1.20. The second-order valence-corrected chi connectivity index (χ2v) is 2.59. The van der Waals surface area contributed by atoms with E-state index < -0.39 is 0 Å². The second kappa shape index (κ2) is 1.94. The summed E-state index contributed by atoms with van der Waals surface area (Å²) in [5, 5.41) is 9.19. The van der Waals surface area contributed by atoms with Crippen LogP contribution in [0.3, 0.4) is 0 Å². The molecule has 2 rings (SSSR count). The Morgan fingerprint density at radius 3 is 3.00 bits per heavy atom. The normalized spacial score (nSPS) is 49.7. The molecule has 3 heteroatoms. The molecule has 9 heavy (non-hydrogen) atoms. The molecule has 3 nitrogen and oxygen atoms in total. The van der Waals surface area contributed by atoms with Crippen molar-refractivity contribution in [2.45, 2.75) is 18.8 Å². The molecule has 3 atom stereocenters. The largest absolute Gasteiger partial charge is 0.390 e. The predicted octanol–water partition coefficient (Wildman–Crippen LogP) is -0.260. The van der Waals surface area contributed by atoms with Gasteiger partial charge >= 0.3 is 0 Å². The van der Waals surface area contributed by atoms with E-state index in [0.29, 0.717) is 6.61 Å². The van der Waals surface area contributed by atoms with Crippen LogP contribution in [0.5, 0.6) is 0 Å². The third-order valence-corrected chi connectivity index (χ3v) is 2.01. The van der Waals surface area contributed by atoms with E-state index in [1.54, 1.807) is 0 Å². The zero-order valence-electron chi connectivity index (χ0n) is 5.12. The van der Waals surface area contributed by atoms with E-state index in [-0.39, 0.29) is 18.3 Å². The van der Waals surface area contributed by atoms with Crippen LogP contribution >= 0.6 is 0 Å². The molecule has 0 aromatic heterocycles. The van der Waals surface area contributed by atoms with Gasteiger partial charge in [0.1, 0.15) is 0 Å². The first-order chi connectivity index (χ1) is 4.38. The fourth-order valence-electron chi connectivity index (χ4n) is 1.44. The fraction of sp³-hybridized carbons (Fsp3) is 1.00. The van der Waals surface area contributed by atoms with Gasteiger partial charge in [-0.15, -0.1) is 0 Å². The van der Waals surface area contributed by atoms with Crippen molar-refractivity contribution in [3.63, 3.8) is 0 Å². The van der Waals surface area contributed by atoms with Crippen molar-refractivity contribution in [3.8, 4) is 0 Å². The molecule has 1 N–H and O–H groups in total. The Kier molecular flexibility index (Phi) is 1.22. The molecule has 0 unspecified atom stereocenters. The van der Waals surface area contributed by atoms with Gasteiger partial charge < -0.3 is 14.6 Å². The molecule has 2 aliphatic heterocycles. The van der Waals surface area contributed by atoms with Gasteiger partial charge in [-0.1, -0.05) is 0 Å². The third-order valence-electron chi connectivity index (χ3n) is 2.01. The summed E-state index contributed by atoms with van der Waals surface area (Å²) in [6.07, 6.45) is 0.573. The van der Waals surface area contributed by atoms with E-state index in [2.05, 4.69) is 0 Å². The molecule has 0 bridgehead atoms. The summed E-state index contributed by atoms with van der Waals surface area (Å²) < 4.78 is 10.3. The van der Waals surface area contributed by atoms with Crippen molar-refractivity contribution < 1.29 is 14.6 Å². The zero-order chi connectivity index (χ0) is 6.27. The summed E-state index contributed by atoms with van der Waals surface area (Å²) in [4.78, 5) is 0. The van der Waals surface area contributed by atoms with Crippen LogP contribution in [0.4, 0.5) is 0 Å². The molecular formula is C6H10O3. The highest BCUT2D eigenvalue weighted by atomic mass is 16.7. The fourth-order valence-corrected chi connectivity index (χ4v) is 1.44. The summed E-state index contributed by atoms with van der Waals surface area (Å²) in [5.41, 5.74) is 0. The molecular weight excluding hydrogens is 120 g/mol. The van der Waals surface area contributed by atoms with Crippen LogP contribution in [0.25, 0.3) is 0 Å². The molecule has 0 aliphatic carbocycles. The molecule has 0 amide bonds. The average Bonchev–Trinajstić information content (AvgIpc) is 2.35.